The standard InChI is InChI=1S/C23H45NO4.C16H34O.C7H13NO4/c1-6-8-10-12-14-16-18-20(17-15-13-11-9-7-2)27-21(25)19-24-22(26)28-23(3,4)5;1-3-5-7-9-11-13-15-16(17)14-12-10-8-6-4-2;1-7(2,3)12-6(11)8-4-5(9)10/h20H,6-19H2,1-5H3,(H,24,26);16-17H,3-15H2,1-2H3;4H2,1-3H3,(H,8,11)(H,9,10). The number of carboxylic acid groups (broad SMARTS) is 1. The molecule has 11 heteroatoms. The smallest absolute Gasteiger partial charge is 0.408 e. The van der Waals surface area contributed by atoms with E-state index in [1.165, 1.54) is 128 Å². The normalized spacial score (nSPS) is 12.2. The van der Waals surface area contributed by atoms with Crippen LogP contribution in [-0.2, 0) is 23.8 Å². The van der Waals surface area contributed by atoms with E-state index in [-0.39, 0.29) is 24.7 Å². The molecule has 4 N–H and O–H groups in total. The molecule has 11 nitrogen and oxygen atoms in total. The number of carbonyl (C=O) groups excluding carboxylic acids is 3. The highest BCUT2D eigenvalue weighted by Crippen LogP contribution is 2.17. The maximum Gasteiger partial charge on any atom is 0.408 e. The van der Waals surface area contributed by atoms with Crippen molar-refractivity contribution in [2.75, 3.05) is 13.1 Å². The van der Waals surface area contributed by atoms with Crippen LogP contribution in [0.15, 0.2) is 0 Å². The molecule has 0 heterocycles. The lowest BCUT2D eigenvalue weighted by molar-refractivity contribution is -0.148. The summed E-state index contributed by atoms with van der Waals surface area (Å²) >= 11 is 0. The van der Waals surface area contributed by atoms with Gasteiger partial charge in [0.15, 0.2) is 0 Å². The summed E-state index contributed by atoms with van der Waals surface area (Å²) in [6.45, 7) is 18.8. The van der Waals surface area contributed by atoms with Gasteiger partial charge >= 0.3 is 24.1 Å². The molecule has 0 fully saturated rings. The third-order valence-electron chi connectivity index (χ3n) is 8.90. The fourth-order valence-electron chi connectivity index (χ4n) is 5.83. The van der Waals surface area contributed by atoms with Crippen LogP contribution < -0.4 is 10.6 Å². The van der Waals surface area contributed by atoms with E-state index >= 15 is 0 Å². The number of hydrogen-bond donors (Lipinski definition) is 4. The number of aliphatic hydroxyl groups is 1. The zero-order valence-corrected chi connectivity index (χ0v) is 38.7. The quantitative estimate of drug-likeness (QED) is 0.0303. The summed E-state index contributed by atoms with van der Waals surface area (Å²) in [6.07, 6.45) is 30.4. The number of carboxylic acids is 1. The molecule has 0 saturated carbocycles. The van der Waals surface area contributed by atoms with Crippen molar-refractivity contribution in [3.05, 3.63) is 0 Å². The predicted molar refractivity (Wildman–Crippen MR) is 235 cm³/mol. The molecule has 0 aromatic heterocycles. The molecular formula is C46H92N2O9. The Hall–Kier alpha value is -2.56. The van der Waals surface area contributed by atoms with Crippen molar-refractivity contribution in [1.29, 1.82) is 0 Å². The average Bonchev–Trinajstić information content (AvgIpc) is 3.11. The molecule has 0 saturated heterocycles. The van der Waals surface area contributed by atoms with Gasteiger partial charge in [0.2, 0.25) is 0 Å². The molecule has 57 heavy (non-hydrogen) atoms. The Morgan fingerprint density at radius 3 is 1.09 bits per heavy atom. The molecule has 0 aliphatic heterocycles. The molecule has 0 radical (unpaired) electrons. The lowest BCUT2D eigenvalue weighted by Crippen LogP contribution is -2.37. The summed E-state index contributed by atoms with van der Waals surface area (Å²) in [7, 11) is 0. The maximum absolute atomic E-state index is 12.1. The first-order valence-electron chi connectivity index (χ1n) is 22.9. The number of ether oxygens (including phenoxy) is 3. The second-order valence-electron chi connectivity index (χ2n) is 17.4. The van der Waals surface area contributed by atoms with Crippen molar-refractivity contribution in [3.63, 3.8) is 0 Å². The summed E-state index contributed by atoms with van der Waals surface area (Å²) in [5.74, 6) is -1.48. The van der Waals surface area contributed by atoms with Crippen LogP contribution >= 0.6 is 0 Å². The molecule has 340 valence electrons. The molecule has 0 spiro atoms. The van der Waals surface area contributed by atoms with E-state index in [4.69, 9.17) is 19.3 Å². The number of esters is 1. The van der Waals surface area contributed by atoms with Crippen LogP contribution in [0.5, 0.6) is 0 Å². The zero-order chi connectivity index (χ0) is 43.8. The van der Waals surface area contributed by atoms with Crippen LogP contribution in [0.3, 0.4) is 0 Å². The fourth-order valence-corrected chi connectivity index (χ4v) is 5.83. The Morgan fingerprint density at radius 1 is 0.474 bits per heavy atom. The minimum atomic E-state index is -1.10. The number of aliphatic carboxylic acids is 1. The third kappa shape index (κ3) is 53.4. The van der Waals surface area contributed by atoms with Crippen molar-refractivity contribution in [1.82, 2.24) is 10.6 Å². The first-order valence-corrected chi connectivity index (χ1v) is 22.9. The summed E-state index contributed by atoms with van der Waals surface area (Å²) in [5, 5.41) is 22.6. The molecule has 0 aliphatic rings. The molecule has 0 aromatic rings. The lowest BCUT2D eigenvalue weighted by atomic mass is 10.0. The number of aliphatic hydroxyl groups excluding tert-OH is 1. The van der Waals surface area contributed by atoms with E-state index in [1.54, 1.807) is 41.5 Å². The van der Waals surface area contributed by atoms with Gasteiger partial charge in [-0.15, -0.1) is 0 Å². The Bertz CT molecular complexity index is 947. The Kier molecular flexibility index (Phi) is 41.5. The van der Waals surface area contributed by atoms with Gasteiger partial charge in [0.25, 0.3) is 0 Å². The minimum Gasteiger partial charge on any atom is -0.480 e. The highest BCUT2D eigenvalue weighted by atomic mass is 16.6. The van der Waals surface area contributed by atoms with Crippen LogP contribution in [0, 0.1) is 0 Å². The van der Waals surface area contributed by atoms with Crippen LogP contribution in [0.4, 0.5) is 9.59 Å². The van der Waals surface area contributed by atoms with E-state index in [1.807, 2.05) is 0 Å². The summed E-state index contributed by atoms with van der Waals surface area (Å²) in [5.41, 5.74) is -1.17. The molecule has 2 unspecified atom stereocenters. The van der Waals surface area contributed by atoms with Gasteiger partial charge in [0, 0.05) is 0 Å². The lowest BCUT2D eigenvalue weighted by Gasteiger charge is -2.21. The highest BCUT2D eigenvalue weighted by molar-refractivity contribution is 5.78. The van der Waals surface area contributed by atoms with E-state index in [2.05, 4.69) is 38.3 Å². The van der Waals surface area contributed by atoms with Crippen LogP contribution in [0.1, 0.15) is 236 Å². The molecule has 0 rings (SSSR count). The summed E-state index contributed by atoms with van der Waals surface area (Å²) < 4.78 is 15.6. The number of unbranched alkanes of at least 4 members (excludes halogenated alkanes) is 18. The maximum atomic E-state index is 12.1. The van der Waals surface area contributed by atoms with Gasteiger partial charge in [0.05, 0.1) is 6.10 Å². The van der Waals surface area contributed by atoms with Crippen molar-refractivity contribution in [2.45, 2.75) is 260 Å². The summed E-state index contributed by atoms with van der Waals surface area (Å²) in [4.78, 5) is 44.6. The third-order valence-corrected chi connectivity index (χ3v) is 8.90. The number of hydrogen-bond acceptors (Lipinski definition) is 8. The van der Waals surface area contributed by atoms with Gasteiger partial charge < -0.3 is 35.1 Å². The van der Waals surface area contributed by atoms with Gasteiger partial charge in [-0.25, -0.2) is 9.59 Å². The van der Waals surface area contributed by atoms with Gasteiger partial charge in [0.1, 0.15) is 30.4 Å². The summed E-state index contributed by atoms with van der Waals surface area (Å²) in [6, 6.07) is 0. The Morgan fingerprint density at radius 2 is 0.772 bits per heavy atom. The fraction of sp³-hybridized carbons (Fsp3) is 0.913. The van der Waals surface area contributed by atoms with Gasteiger partial charge in [-0.1, -0.05) is 156 Å². The molecular weight excluding hydrogens is 725 g/mol. The van der Waals surface area contributed by atoms with Crippen molar-refractivity contribution in [2.24, 2.45) is 0 Å². The van der Waals surface area contributed by atoms with Crippen LogP contribution in [0.25, 0.3) is 0 Å². The topological polar surface area (TPSA) is 160 Å². The van der Waals surface area contributed by atoms with E-state index in [9.17, 15) is 24.3 Å². The van der Waals surface area contributed by atoms with Gasteiger partial charge in [-0.05, 0) is 80.1 Å². The molecule has 2 atom stereocenters. The Balaban J connectivity index is -0.000000851. The second kappa shape index (κ2) is 40.2. The number of amides is 2. The van der Waals surface area contributed by atoms with Crippen molar-refractivity contribution < 1.29 is 43.6 Å². The monoisotopic (exact) mass is 817 g/mol. The SMILES string of the molecule is CC(C)(C)OC(=O)NCC(=O)O.CCCCCCCCC(CCCCCCC)OC(=O)CNC(=O)OC(C)(C)C.CCCCCCCCC(O)CCCCCCC. The molecule has 0 aromatic carbocycles. The Labute approximate surface area is 350 Å². The van der Waals surface area contributed by atoms with Crippen molar-refractivity contribution in [3.8, 4) is 0 Å². The first kappa shape index (κ1) is 58.8. The van der Waals surface area contributed by atoms with E-state index < -0.39 is 35.9 Å². The highest BCUT2D eigenvalue weighted by Gasteiger charge is 2.19. The van der Waals surface area contributed by atoms with E-state index in [0.29, 0.717) is 0 Å². The first-order chi connectivity index (χ1) is 26.9. The number of carbonyl (C=O) groups is 4. The van der Waals surface area contributed by atoms with Crippen LogP contribution in [0.2, 0.25) is 0 Å². The number of alkyl carbamates (subject to hydrolysis) is 2. The number of nitrogens with one attached hydrogen (secondary N) is 2. The molecule has 0 aliphatic carbocycles. The second-order valence-corrected chi connectivity index (χ2v) is 17.4. The minimum absolute atomic E-state index is 0.0252. The average molecular weight is 817 g/mol. The number of rotatable bonds is 31. The van der Waals surface area contributed by atoms with Crippen molar-refractivity contribution >= 4 is 24.1 Å². The van der Waals surface area contributed by atoms with Gasteiger partial charge in [-0.2, -0.15) is 0 Å². The largest absolute Gasteiger partial charge is 0.480 e. The predicted octanol–water partition coefficient (Wildman–Crippen LogP) is 12.6. The molecule has 0 bridgehead atoms. The molecule has 2 amide bonds. The van der Waals surface area contributed by atoms with Crippen LogP contribution in [-0.4, -0.2) is 70.8 Å². The van der Waals surface area contributed by atoms with Gasteiger partial charge in [-0.3, -0.25) is 9.59 Å². The van der Waals surface area contributed by atoms with E-state index in [0.717, 1.165) is 38.5 Å². The zero-order valence-electron chi connectivity index (χ0n) is 38.7.